The van der Waals surface area contributed by atoms with Crippen molar-refractivity contribution in [2.45, 2.75) is 30.6 Å². The minimum Gasteiger partial charge on any atom is -0.478 e. The van der Waals surface area contributed by atoms with Crippen LogP contribution >= 0.6 is 0 Å². The van der Waals surface area contributed by atoms with Crippen LogP contribution in [0.3, 0.4) is 0 Å². The summed E-state index contributed by atoms with van der Waals surface area (Å²) in [5.74, 6) is -2.58. The summed E-state index contributed by atoms with van der Waals surface area (Å²) in [5, 5.41) is 11.8. The third-order valence-electron chi connectivity index (χ3n) is 4.76. The van der Waals surface area contributed by atoms with E-state index >= 15 is 0 Å². The highest BCUT2D eigenvalue weighted by Crippen LogP contribution is 2.21. The van der Waals surface area contributed by atoms with E-state index in [1.54, 1.807) is 17.0 Å². The first-order chi connectivity index (χ1) is 14.3. The van der Waals surface area contributed by atoms with Gasteiger partial charge in [-0.25, -0.2) is 22.4 Å². The average Bonchev–Trinajstić information content (AvgIpc) is 2.99. The Morgan fingerprint density at radius 2 is 1.53 bits per heavy atom. The van der Waals surface area contributed by atoms with Gasteiger partial charge in [-0.05, 0) is 55.3 Å². The van der Waals surface area contributed by atoms with Crippen molar-refractivity contribution >= 4 is 33.4 Å². The van der Waals surface area contributed by atoms with E-state index in [4.69, 9.17) is 5.11 Å². The number of carboxylic acids is 1. The Bertz CT molecular complexity index is 1030. The fraction of sp³-hybridized carbons (Fsp3) is 0.300. The molecule has 0 spiro atoms. The predicted octanol–water partition coefficient (Wildman–Crippen LogP) is 3.73. The smallest absolute Gasteiger partial charge is 0.338 e. The van der Waals surface area contributed by atoms with Crippen molar-refractivity contribution in [3.05, 3.63) is 53.8 Å². The summed E-state index contributed by atoms with van der Waals surface area (Å²) in [7, 11) is -4.12. The van der Waals surface area contributed by atoms with E-state index in [0.29, 0.717) is 18.8 Å². The predicted molar refractivity (Wildman–Crippen MR) is 110 cm³/mol. The molecule has 0 aromatic heterocycles. The third-order valence-corrected chi connectivity index (χ3v) is 6.14. The van der Waals surface area contributed by atoms with Gasteiger partial charge in [-0.15, -0.1) is 0 Å². The van der Waals surface area contributed by atoms with Crippen LogP contribution in [-0.4, -0.2) is 43.5 Å². The summed E-state index contributed by atoms with van der Waals surface area (Å²) in [6.45, 7) is 1.42. The fourth-order valence-corrected chi connectivity index (χ4v) is 4.23. The number of nitrogens with zero attached hydrogens (tertiary/aromatic N) is 1. The maximum Gasteiger partial charge on any atom is 0.338 e. The Kier molecular flexibility index (Phi) is 6.56. The molecule has 1 fully saturated rings. The number of carbonyl (C=O) groups is 2. The number of halogens is 1. The van der Waals surface area contributed by atoms with Gasteiger partial charge in [0.25, 0.3) is 10.0 Å². The number of sulfonamides is 1. The van der Waals surface area contributed by atoms with Crippen molar-refractivity contribution in [1.29, 1.82) is 0 Å². The highest BCUT2D eigenvalue weighted by molar-refractivity contribution is 7.92. The second kappa shape index (κ2) is 9.12. The zero-order valence-corrected chi connectivity index (χ0v) is 16.9. The van der Waals surface area contributed by atoms with Crippen LogP contribution < -0.4 is 10.0 Å². The molecule has 10 heteroatoms. The minimum absolute atomic E-state index is 0.197. The lowest BCUT2D eigenvalue weighted by molar-refractivity contribution is 0.0691. The van der Waals surface area contributed by atoms with Gasteiger partial charge >= 0.3 is 12.0 Å². The number of hydrogen-bond acceptors (Lipinski definition) is 4. The molecule has 3 rings (SSSR count). The molecule has 3 N–H and O–H groups in total. The molecular weight excluding hydrogens is 413 g/mol. The number of rotatable bonds is 5. The van der Waals surface area contributed by atoms with Crippen LogP contribution in [0.25, 0.3) is 0 Å². The lowest BCUT2D eigenvalue weighted by Crippen LogP contribution is -2.35. The highest BCUT2D eigenvalue weighted by atomic mass is 32.2. The molecule has 8 nitrogen and oxygen atoms in total. The molecule has 0 aliphatic carbocycles. The van der Waals surface area contributed by atoms with Gasteiger partial charge in [0.05, 0.1) is 10.5 Å². The van der Waals surface area contributed by atoms with Gasteiger partial charge in [-0.1, -0.05) is 12.8 Å². The van der Waals surface area contributed by atoms with Crippen molar-refractivity contribution in [1.82, 2.24) is 4.90 Å². The number of urea groups is 1. The molecule has 2 amide bonds. The summed E-state index contributed by atoms with van der Waals surface area (Å²) in [5.41, 5.74) is -0.00411. The van der Waals surface area contributed by atoms with Crippen molar-refractivity contribution in [2.24, 2.45) is 0 Å². The number of nitrogens with one attached hydrogen (secondary N) is 2. The molecule has 1 aliphatic heterocycles. The number of anilines is 2. The molecule has 0 atom stereocenters. The molecule has 0 bridgehead atoms. The standard InChI is InChI=1S/C20H22FN3O5S/c21-18-10-9-16(13-17(18)19(25)26)30(28,29)23-15-7-5-14(6-8-15)22-20(27)24-11-3-1-2-4-12-24/h5-10,13,23H,1-4,11-12H2,(H,22,27)(H,25,26). The van der Waals surface area contributed by atoms with Crippen LogP contribution in [0, 0.1) is 5.82 Å². The van der Waals surface area contributed by atoms with Crippen LogP contribution in [0.5, 0.6) is 0 Å². The SMILES string of the molecule is O=C(O)c1cc(S(=O)(=O)Nc2ccc(NC(=O)N3CCCCCC3)cc2)ccc1F. The maximum absolute atomic E-state index is 13.5. The summed E-state index contributed by atoms with van der Waals surface area (Å²) in [6, 6.07) is 8.39. The van der Waals surface area contributed by atoms with E-state index < -0.39 is 27.4 Å². The van der Waals surface area contributed by atoms with E-state index in [9.17, 15) is 22.4 Å². The third kappa shape index (κ3) is 5.26. The Morgan fingerprint density at radius 3 is 2.13 bits per heavy atom. The molecule has 1 aliphatic rings. The maximum atomic E-state index is 13.5. The Labute approximate surface area is 173 Å². The highest BCUT2D eigenvalue weighted by Gasteiger charge is 2.20. The van der Waals surface area contributed by atoms with Crippen molar-refractivity contribution in [3.8, 4) is 0 Å². The number of likely N-dealkylation sites (tertiary alicyclic amines) is 1. The molecule has 0 radical (unpaired) electrons. The molecular formula is C20H22FN3O5S. The minimum atomic E-state index is -4.12. The van der Waals surface area contributed by atoms with Crippen LogP contribution in [0.2, 0.25) is 0 Å². The van der Waals surface area contributed by atoms with Gasteiger partial charge in [0.1, 0.15) is 5.82 Å². The number of carbonyl (C=O) groups excluding carboxylic acids is 1. The normalized spacial score (nSPS) is 14.6. The molecule has 1 saturated heterocycles. The first-order valence-corrected chi connectivity index (χ1v) is 11.0. The average molecular weight is 435 g/mol. The molecule has 0 unspecified atom stereocenters. The topological polar surface area (TPSA) is 116 Å². The monoisotopic (exact) mass is 435 g/mol. The number of aromatic carboxylic acids is 1. The molecule has 1 heterocycles. The van der Waals surface area contributed by atoms with E-state index in [0.717, 1.165) is 43.9 Å². The van der Waals surface area contributed by atoms with Crippen molar-refractivity contribution < 1.29 is 27.5 Å². The van der Waals surface area contributed by atoms with Gasteiger partial charge < -0.3 is 15.3 Å². The van der Waals surface area contributed by atoms with Gasteiger partial charge in [0.2, 0.25) is 0 Å². The Morgan fingerprint density at radius 1 is 0.933 bits per heavy atom. The Balaban J connectivity index is 1.68. The van der Waals surface area contributed by atoms with Crippen molar-refractivity contribution in [3.63, 3.8) is 0 Å². The zero-order valence-electron chi connectivity index (χ0n) is 16.1. The molecule has 160 valence electrons. The summed E-state index contributed by atoms with van der Waals surface area (Å²) >= 11 is 0. The Hall–Kier alpha value is -3.14. The zero-order chi connectivity index (χ0) is 21.7. The van der Waals surface area contributed by atoms with Gasteiger partial charge in [-0.3, -0.25) is 4.72 Å². The summed E-state index contributed by atoms with van der Waals surface area (Å²) < 4.78 is 40.8. The number of amides is 2. The quantitative estimate of drug-likeness (QED) is 0.662. The van der Waals surface area contributed by atoms with Crippen LogP contribution in [0.15, 0.2) is 47.4 Å². The first-order valence-electron chi connectivity index (χ1n) is 9.48. The number of hydrogen-bond donors (Lipinski definition) is 3. The van der Waals surface area contributed by atoms with E-state index in [1.807, 2.05) is 0 Å². The van der Waals surface area contributed by atoms with Gasteiger partial charge in [0.15, 0.2) is 0 Å². The molecule has 2 aromatic rings. The van der Waals surface area contributed by atoms with E-state index in [1.165, 1.54) is 12.1 Å². The van der Waals surface area contributed by atoms with Crippen molar-refractivity contribution in [2.75, 3.05) is 23.1 Å². The molecule has 0 saturated carbocycles. The second-order valence-corrected chi connectivity index (χ2v) is 8.64. The van der Waals surface area contributed by atoms with Crippen LogP contribution in [0.1, 0.15) is 36.0 Å². The van der Waals surface area contributed by atoms with Gasteiger partial charge in [-0.2, -0.15) is 0 Å². The van der Waals surface area contributed by atoms with E-state index in [2.05, 4.69) is 10.0 Å². The summed E-state index contributed by atoms with van der Waals surface area (Å²) in [4.78, 5) is 24.8. The van der Waals surface area contributed by atoms with Crippen LogP contribution in [0.4, 0.5) is 20.6 Å². The molecule has 30 heavy (non-hydrogen) atoms. The number of carboxylic acid groups (broad SMARTS) is 1. The second-order valence-electron chi connectivity index (χ2n) is 6.96. The van der Waals surface area contributed by atoms with E-state index in [-0.39, 0.29) is 16.6 Å². The van der Waals surface area contributed by atoms with Gasteiger partial charge in [0, 0.05) is 24.5 Å². The number of benzene rings is 2. The lowest BCUT2D eigenvalue weighted by atomic mass is 10.2. The largest absolute Gasteiger partial charge is 0.478 e. The first kappa shape index (κ1) is 21.6. The summed E-state index contributed by atoms with van der Waals surface area (Å²) in [6.07, 6.45) is 4.17. The molecule has 2 aromatic carbocycles. The fourth-order valence-electron chi connectivity index (χ4n) is 3.15. The lowest BCUT2D eigenvalue weighted by Gasteiger charge is -2.20. The van der Waals surface area contributed by atoms with Crippen LogP contribution in [-0.2, 0) is 10.0 Å².